The van der Waals surface area contributed by atoms with Crippen molar-refractivity contribution in [2.45, 2.75) is 12.8 Å². The molecule has 1 aliphatic rings. The molecule has 0 bridgehead atoms. The summed E-state index contributed by atoms with van der Waals surface area (Å²) in [5.74, 6) is 1.25. The molecule has 160 valence electrons. The number of piperidine rings is 1. The van der Waals surface area contributed by atoms with E-state index in [9.17, 15) is 9.18 Å². The van der Waals surface area contributed by atoms with Crippen LogP contribution in [0.4, 0.5) is 4.39 Å². The molecule has 1 fully saturated rings. The van der Waals surface area contributed by atoms with Gasteiger partial charge < -0.3 is 14.8 Å². The zero-order valence-corrected chi connectivity index (χ0v) is 17.6. The number of methoxy groups -OCH3 is 2. The van der Waals surface area contributed by atoms with E-state index in [4.69, 9.17) is 9.47 Å². The second-order valence-corrected chi connectivity index (χ2v) is 7.53. The summed E-state index contributed by atoms with van der Waals surface area (Å²) < 4.78 is 23.5. The van der Waals surface area contributed by atoms with Crippen molar-refractivity contribution in [1.82, 2.24) is 10.2 Å². The monoisotopic (exact) mass is 412 g/mol. The van der Waals surface area contributed by atoms with Crippen LogP contribution in [0.1, 0.15) is 28.8 Å². The largest absolute Gasteiger partial charge is 0.497 e. The first kappa shape index (κ1) is 21.8. The molecule has 0 aliphatic carbocycles. The maximum atomic E-state index is 13.0. The number of hydrogen-bond donors (Lipinski definition) is 1. The molecule has 1 heterocycles. The number of halogens is 1. The highest BCUT2D eigenvalue weighted by atomic mass is 19.1. The third-order valence-corrected chi connectivity index (χ3v) is 5.31. The van der Waals surface area contributed by atoms with Crippen LogP contribution in [0.5, 0.6) is 11.5 Å². The van der Waals surface area contributed by atoms with Crippen molar-refractivity contribution in [3.05, 3.63) is 65.5 Å². The van der Waals surface area contributed by atoms with E-state index in [1.807, 2.05) is 6.08 Å². The summed E-state index contributed by atoms with van der Waals surface area (Å²) in [6.45, 7) is 3.46. The van der Waals surface area contributed by atoms with Crippen molar-refractivity contribution < 1.29 is 18.7 Å². The van der Waals surface area contributed by atoms with Gasteiger partial charge in [-0.2, -0.15) is 0 Å². The van der Waals surface area contributed by atoms with E-state index in [2.05, 4.69) is 16.3 Å². The molecule has 30 heavy (non-hydrogen) atoms. The predicted molar refractivity (Wildman–Crippen MR) is 116 cm³/mol. The van der Waals surface area contributed by atoms with Crippen molar-refractivity contribution in [3.63, 3.8) is 0 Å². The lowest BCUT2D eigenvalue weighted by molar-refractivity contribution is 0.0934. The lowest BCUT2D eigenvalue weighted by Gasteiger charge is -2.32. The van der Waals surface area contributed by atoms with Gasteiger partial charge in [-0.1, -0.05) is 24.3 Å². The van der Waals surface area contributed by atoms with Gasteiger partial charge in [0.1, 0.15) is 17.3 Å². The Morgan fingerprint density at radius 1 is 1.17 bits per heavy atom. The van der Waals surface area contributed by atoms with Gasteiger partial charge in [0.05, 0.1) is 14.2 Å². The minimum atomic E-state index is -0.222. The van der Waals surface area contributed by atoms with Crippen LogP contribution in [0.15, 0.2) is 48.5 Å². The molecule has 1 saturated heterocycles. The minimum Gasteiger partial charge on any atom is -0.497 e. The Hall–Kier alpha value is -2.86. The van der Waals surface area contributed by atoms with Crippen molar-refractivity contribution in [2.75, 3.05) is 40.4 Å². The first-order valence-electron chi connectivity index (χ1n) is 10.2. The number of hydrogen-bond acceptors (Lipinski definition) is 4. The molecular formula is C24H29FN2O3. The molecule has 0 radical (unpaired) electrons. The van der Waals surface area contributed by atoms with Gasteiger partial charge >= 0.3 is 0 Å². The molecule has 2 aromatic carbocycles. The lowest BCUT2D eigenvalue weighted by Crippen LogP contribution is -2.40. The van der Waals surface area contributed by atoms with Crippen molar-refractivity contribution in [1.29, 1.82) is 0 Å². The number of nitrogens with one attached hydrogen (secondary N) is 1. The zero-order valence-electron chi connectivity index (χ0n) is 17.6. The van der Waals surface area contributed by atoms with Crippen LogP contribution in [0.25, 0.3) is 6.08 Å². The highest BCUT2D eigenvalue weighted by Crippen LogP contribution is 2.23. The first-order chi connectivity index (χ1) is 14.6. The Morgan fingerprint density at radius 2 is 1.87 bits per heavy atom. The van der Waals surface area contributed by atoms with E-state index in [0.717, 1.165) is 38.0 Å². The molecule has 1 amide bonds. The molecule has 0 saturated carbocycles. The van der Waals surface area contributed by atoms with E-state index in [1.165, 1.54) is 12.1 Å². The second kappa shape index (κ2) is 10.8. The van der Waals surface area contributed by atoms with Crippen LogP contribution in [0, 0.1) is 11.7 Å². The molecule has 0 unspecified atom stereocenters. The molecule has 1 aliphatic heterocycles. The summed E-state index contributed by atoms with van der Waals surface area (Å²) in [6.07, 6.45) is 6.33. The Labute approximate surface area is 177 Å². The predicted octanol–water partition coefficient (Wildman–Crippen LogP) is 4.00. The van der Waals surface area contributed by atoms with Gasteiger partial charge in [0, 0.05) is 31.3 Å². The highest BCUT2D eigenvalue weighted by molar-refractivity contribution is 5.95. The normalized spacial score (nSPS) is 17.1. The van der Waals surface area contributed by atoms with Crippen LogP contribution in [0.3, 0.4) is 0 Å². The molecule has 3 rings (SSSR count). The Kier molecular flexibility index (Phi) is 7.85. The maximum Gasteiger partial charge on any atom is 0.251 e. The minimum absolute atomic E-state index is 0.125. The van der Waals surface area contributed by atoms with Crippen LogP contribution >= 0.6 is 0 Å². The van der Waals surface area contributed by atoms with Gasteiger partial charge in [0.2, 0.25) is 0 Å². The first-order valence-corrected chi connectivity index (χ1v) is 10.2. The average molecular weight is 413 g/mol. The van der Waals surface area contributed by atoms with Gasteiger partial charge in [-0.05, 0) is 55.1 Å². The molecule has 6 heteroatoms. The maximum absolute atomic E-state index is 13.0. The fourth-order valence-electron chi connectivity index (χ4n) is 3.67. The number of carbonyl (C=O) groups is 1. The van der Waals surface area contributed by atoms with Gasteiger partial charge in [-0.25, -0.2) is 4.39 Å². The van der Waals surface area contributed by atoms with Crippen LogP contribution in [-0.2, 0) is 0 Å². The molecule has 0 aromatic heterocycles. The van der Waals surface area contributed by atoms with Crippen molar-refractivity contribution in [2.24, 2.45) is 5.92 Å². The standard InChI is InChI=1S/C24H29FN2O3/c1-29-22-13-20(14-23(15-22)30-2)24(28)26-16-19-6-4-12-27(17-19)11-3-5-18-7-9-21(25)10-8-18/h3,5,7-10,13-15,19H,4,6,11-12,16-17H2,1-2H3,(H,26,28)/b5-3+/t19-/m1/s1. The number of likely N-dealkylation sites (tertiary alicyclic amines) is 1. The molecule has 5 nitrogen and oxygen atoms in total. The van der Waals surface area contributed by atoms with E-state index in [0.29, 0.717) is 29.5 Å². The number of benzene rings is 2. The summed E-state index contributed by atoms with van der Waals surface area (Å²) in [6, 6.07) is 11.7. The zero-order chi connectivity index (χ0) is 21.3. The van der Waals surface area contributed by atoms with Crippen molar-refractivity contribution in [3.8, 4) is 11.5 Å². The quantitative estimate of drug-likeness (QED) is 0.712. The van der Waals surface area contributed by atoms with Gasteiger partial charge in [0.25, 0.3) is 5.91 Å². The Bertz CT molecular complexity index is 845. The van der Waals surface area contributed by atoms with Gasteiger partial charge in [0.15, 0.2) is 0 Å². The van der Waals surface area contributed by atoms with E-state index < -0.39 is 0 Å². The topological polar surface area (TPSA) is 50.8 Å². The van der Waals surface area contributed by atoms with Crippen molar-refractivity contribution >= 4 is 12.0 Å². The Morgan fingerprint density at radius 3 is 2.53 bits per heavy atom. The SMILES string of the molecule is COc1cc(OC)cc(C(=O)NC[C@H]2CCCN(C/C=C/c3ccc(F)cc3)C2)c1. The lowest BCUT2D eigenvalue weighted by atomic mass is 9.98. The van der Waals surface area contributed by atoms with E-state index in [1.54, 1.807) is 44.6 Å². The molecule has 2 aromatic rings. The molecule has 1 N–H and O–H groups in total. The third kappa shape index (κ3) is 6.32. The molecular weight excluding hydrogens is 383 g/mol. The van der Waals surface area contributed by atoms with Gasteiger partial charge in [-0.15, -0.1) is 0 Å². The molecule has 0 spiro atoms. The van der Waals surface area contributed by atoms with E-state index >= 15 is 0 Å². The summed E-state index contributed by atoms with van der Waals surface area (Å²) in [5.41, 5.74) is 1.52. The summed E-state index contributed by atoms with van der Waals surface area (Å²) in [4.78, 5) is 15.0. The molecule has 1 atom stereocenters. The average Bonchev–Trinajstić information content (AvgIpc) is 2.78. The number of carbonyl (C=O) groups excluding carboxylic acids is 1. The van der Waals surface area contributed by atoms with Crippen LogP contribution in [0.2, 0.25) is 0 Å². The summed E-state index contributed by atoms with van der Waals surface area (Å²) in [5, 5.41) is 3.05. The summed E-state index contributed by atoms with van der Waals surface area (Å²) in [7, 11) is 3.13. The summed E-state index contributed by atoms with van der Waals surface area (Å²) >= 11 is 0. The number of nitrogens with zero attached hydrogens (tertiary/aromatic N) is 1. The van der Waals surface area contributed by atoms with Crippen LogP contribution < -0.4 is 14.8 Å². The fraction of sp³-hybridized carbons (Fsp3) is 0.375. The number of rotatable bonds is 8. The van der Waals surface area contributed by atoms with Crippen LogP contribution in [-0.4, -0.2) is 51.2 Å². The second-order valence-electron chi connectivity index (χ2n) is 7.53. The van der Waals surface area contributed by atoms with Gasteiger partial charge in [-0.3, -0.25) is 9.69 Å². The Balaban J connectivity index is 1.49. The third-order valence-electron chi connectivity index (χ3n) is 5.31. The number of amides is 1. The smallest absolute Gasteiger partial charge is 0.251 e. The van der Waals surface area contributed by atoms with E-state index in [-0.39, 0.29) is 11.7 Å². The highest BCUT2D eigenvalue weighted by Gasteiger charge is 2.20. The number of ether oxygens (including phenoxy) is 2. The fourth-order valence-corrected chi connectivity index (χ4v) is 3.67.